The predicted octanol–water partition coefficient (Wildman–Crippen LogP) is 2.44. The molecule has 0 spiro atoms. The fourth-order valence-corrected chi connectivity index (χ4v) is 3.08. The minimum atomic E-state index is -1.09. The first kappa shape index (κ1) is 18.8. The van der Waals surface area contributed by atoms with Gasteiger partial charge in [-0.25, -0.2) is 0 Å². The SMILES string of the molecule is O=C(O)CC(Cc1ccccc1)C(=O)N1[CH-]O[C@H](Cc2ccccc2)C1=O. The molecule has 1 heterocycles. The smallest absolute Gasteiger partial charge is 0.304 e. The van der Waals surface area contributed by atoms with Crippen molar-refractivity contribution in [2.24, 2.45) is 5.92 Å². The molecule has 0 aromatic heterocycles. The molecule has 0 aliphatic carbocycles. The summed E-state index contributed by atoms with van der Waals surface area (Å²) in [6, 6.07) is 18.5. The molecule has 1 aliphatic heterocycles. The van der Waals surface area contributed by atoms with Crippen LogP contribution in [-0.2, 0) is 32.0 Å². The van der Waals surface area contributed by atoms with E-state index >= 15 is 0 Å². The van der Waals surface area contributed by atoms with Crippen LogP contribution in [0.4, 0.5) is 0 Å². The molecule has 0 bridgehead atoms. The van der Waals surface area contributed by atoms with Gasteiger partial charge in [0.2, 0.25) is 11.8 Å². The van der Waals surface area contributed by atoms with E-state index < -0.39 is 29.8 Å². The van der Waals surface area contributed by atoms with E-state index in [4.69, 9.17) is 9.84 Å². The molecule has 0 radical (unpaired) electrons. The second-order valence-electron chi connectivity index (χ2n) is 6.45. The van der Waals surface area contributed by atoms with Gasteiger partial charge in [0, 0.05) is 6.42 Å². The Morgan fingerprint density at radius 1 is 1.04 bits per heavy atom. The molecular formula is C21H20NO5-. The number of benzene rings is 2. The molecule has 2 amide bonds. The number of rotatable bonds is 7. The Morgan fingerprint density at radius 3 is 2.22 bits per heavy atom. The van der Waals surface area contributed by atoms with E-state index in [0.29, 0.717) is 6.42 Å². The molecule has 6 heteroatoms. The van der Waals surface area contributed by atoms with Crippen molar-refractivity contribution < 1.29 is 24.2 Å². The highest BCUT2D eigenvalue weighted by atomic mass is 16.5. The molecular weight excluding hydrogens is 346 g/mol. The number of imide groups is 1. The van der Waals surface area contributed by atoms with E-state index in [1.807, 2.05) is 60.7 Å². The van der Waals surface area contributed by atoms with Crippen molar-refractivity contribution in [2.75, 3.05) is 0 Å². The Hall–Kier alpha value is -2.99. The van der Waals surface area contributed by atoms with Crippen LogP contribution in [-0.4, -0.2) is 33.9 Å². The lowest BCUT2D eigenvalue weighted by atomic mass is 9.94. The van der Waals surface area contributed by atoms with Gasteiger partial charge in [-0.05, 0) is 17.5 Å². The summed E-state index contributed by atoms with van der Waals surface area (Å²) in [6.07, 6.45) is -0.539. The van der Waals surface area contributed by atoms with Gasteiger partial charge in [0.05, 0.1) is 12.3 Å². The minimum Gasteiger partial charge on any atom is -0.521 e. The third-order valence-electron chi connectivity index (χ3n) is 4.44. The Morgan fingerprint density at radius 2 is 1.63 bits per heavy atom. The highest BCUT2D eigenvalue weighted by molar-refractivity contribution is 6.01. The topological polar surface area (TPSA) is 83.9 Å². The fourth-order valence-electron chi connectivity index (χ4n) is 3.08. The average molecular weight is 366 g/mol. The molecule has 2 aromatic rings. The second-order valence-corrected chi connectivity index (χ2v) is 6.45. The van der Waals surface area contributed by atoms with Crippen LogP contribution in [0.1, 0.15) is 17.5 Å². The average Bonchev–Trinajstić information content (AvgIpc) is 3.02. The van der Waals surface area contributed by atoms with E-state index in [0.717, 1.165) is 22.8 Å². The monoisotopic (exact) mass is 366 g/mol. The summed E-state index contributed by atoms with van der Waals surface area (Å²) in [4.78, 5) is 37.5. The summed E-state index contributed by atoms with van der Waals surface area (Å²) in [5, 5.41) is 9.17. The number of hydrogen-bond donors (Lipinski definition) is 1. The zero-order chi connectivity index (χ0) is 19.2. The lowest BCUT2D eigenvalue weighted by Crippen LogP contribution is -2.39. The van der Waals surface area contributed by atoms with Crippen LogP contribution in [0.5, 0.6) is 0 Å². The summed E-state index contributed by atoms with van der Waals surface area (Å²) < 4.78 is 5.39. The highest BCUT2D eigenvalue weighted by Gasteiger charge is 2.33. The van der Waals surface area contributed by atoms with E-state index in [-0.39, 0.29) is 12.8 Å². The first-order chi connectivity index (χ1) is 13.0. The van der Waals surface area contributed by atoms with Gasteiger partial charge in [0.25, 0.3) is 0 Å². The van der Waals surface area contributed by atoms with Gasteiger partial charge >= 0.3 is 5.97 Å². The highest BCUT2D eigenvalue weighted by Crippen LogP contribution is 2.23. The van der Waals surface area contributed by atoms with Crippen LogP contribution in [0.15, 0.2) is 60.7 Å². The largest absolute Gasteiger partial charge is 0.521 e. The van der Waals surface area contributed by atoms with E-state index in [1.54, 1.807) is 0 Å². The van der Waals surface area contributed by atoms with E-state index in [1.165, 1.54) is 0 Å². The van der Waals surface area contributed by atoms with Crippen molar-refractivity contribution in [1.82, 2.24) is 4.90 Å². The standard InChI is InChI=1S/C21H20NO5/c23-19(24)13-17(11-15-7-3-1-4-8-15)20(25)22-14-27-18(21(22)26)12-16-9-5-2-6-10-16/h1-10,14,17-18H,11-13H2,(H,23,24)/q-1/t17?,18-/m1/s1. The Balaban J connectivity index is 1.70. The molecule has 27 heavy (non-hydrogen) atoms. The fraction of sp³-hybridized carbons (Fsp3) is 0.238. The molecule has 0 saturated carbocycles. The third-order valence-corrected chi connectivity index (χ3v) is 4.44. The van der Waals surface area contributed by atoms with Crippen LogP contribution in [0.25, 0.3) is 0 Å². The van der Waals surface area contributed by atoms with E-state index in [9.17, 15) is 14.4 Å². The Bertz CT molecular complexity index is 806. The maximum Gasteiger partial charge on any atom is 0.304 e. The number of hydrogen-bond acceptors (Lipinski definition) is 4. The number of nitrogens with zero attached hydrogens (tertiary/aromatic N) is 1. The number of carboxylic acid groups (broad SMARTS) is 1. The van der Waals surface area contributed by atoms with E-state index in [2.05, 4.69) is 0 Å². The molecule has 1 N–H and O–H groups in total. The first-order valence-corrected chi connectivity index (χ1v) is 8.70. The van der Waals surface area contributed by atoms with Crippen molar-refractivity contribution in [3.05, 3.63) is 78.5 Å². The normalized spacial score (nSPS) is 17.7. The third kappa shape index (κ3) is 4.80. The summed E-state index contributed by atoms with van der Waals surface area (Å²) in [6.45, 7) is 1.11. The van der Waals surface area contributed by atoms with Crippen LogP contribution in [0.2, 0.25) is 0 Å². The van der Waals surface area contributed by atoms with Crippen molar-refractivity contribution in [1.29, 1.82) is 0 Å². The van der Waals surface area contributed by atoms with Crippen molar-refractivity contribution in [3.63, 3.8) is 0 Å². The lowest BCUT2D eigenvalue weighted by molar-refractivity contribution is -0.148. The zero-order valence-electron chi connectivity index (χ0n) is 14.7. The van der Waals surface area contributed by atoms with Crippen molar-refractivity contribution in [3.8, 4) is 0 Å². The summed E-state index contributed by atoms with van der Waals surface area (Å²) in [5.74, 6) is -2.95. The number of carbonyl (C=O) groups excluding carboxylic acids is 2. The van der Waals surface area contributed by atoms with Gasteiger partial charge in [0.15, 0.2) is 0 Å². The molecule has 1 fully saturated rings. The summed E-state index contributed by atoms with van der Waals surface area (Å²) in [5.41, 5.74) is 1.76. The number of carbonyl (C=O) groups is 3. The number of carboxylic acids is 1. The molecule has 140 valence electrons. The number of aliphatic carboxylic acids is 1. The van der Waals surface area contributed by atoms with Gasteiger partial charge < -0.3 is 14.7 Å². The van der Waals surface area contributed by atoms with Gasteiger partial charge in [-0.2, -0.15) is 0 Å². The minimum absolute atomic E-state index is 0.243. The van der Waals surface area contributed by atoms with Gasteiger partial charge in [-0.1, -0.05) is 60.7 Å². The molecule has 1 aliphatic rings. The van der Waals surface area contributed by atoms with Crippen LogP contribution in [0.3, 0.4) is 0 Å². The summed E-state index contributed by atoms with van der Waals surface area (Å²) in [7, 11) is 0. The van der Waals surface area contributed by atoms with Gasteiger partial charge in [-0.15, -0.1) is 6.73 Å². The first-order valence-electron chi connectivity index (χ1n) is 8.70. The maximum absolute atomic E-state index is 12.8. The molecule has 1 unspecified atom stereocenters. The molecule has 3 rings (SSSR count). The van der Waals surface area contributed by atoms with Crippen molar-refractivity contribution in [2.45, 2.75) is 25.4 Å². The lowest BCUT2D eigenvalue weighted by Gasteiger charge is -2.26. The Kier molecular flexibility index (Phi) is 5.98. The second kappa shape index (κ2) is 8.60. The molecule has 1 saturated heterocycles. The van der Waals surface area contributed by atoms with Crippen LogP contribution >= 0.6 is 0 Å². The van der Waals surface area contributed by atoms with Crippen molar-refractivity contribution >= 4 is 17.8 Å². The molecule has 2 atom stereocenters. The Labute approximate surface area is 157 Å². The van der Waals surface area contributed by atoms with Gasteiger partial charge in [-0.3, -0.25) is 14.4 Å². The molecule has 6 nitrogen and oxygen atoms in total. The quantitative estimate of drug-likeness (QED) is 0.761. The number of ether oxygens (including phenoxy) is 1. The van der Waals surface area contributed by atoms with Crippen LogP contribution < -0.4 is 0 Å². The summed E-state index contributed by atoms with van der Waals surface area (Å²) >= 11 is 0. The van der Waals surface area contributed by atoms with Crippen LogP contribution in [0, 0.1) is 12.6 Å². The predicted molar refractivity (Wildman–Crippen MR) is 97.1 cm³/mol. The maximum atomic E-state index is 12.8. The van der Waals surface area contributed by atoms with Gasteiger partial charge in [0.1, 0.15) is 6.10 Å². The molecule has 2 aromatic carbocycles. The zero-order valence-corrected chi connectivity index (χ0v) is 14.7. The number of amides is 2.